The van der Waals surface area contributed by atoms with Crippen LogP contribution in [-0.4, -0.2) is 25.2 Å². The van der Waals surface area contributed by atoms with Crippen molar-refractivity contribution in [1.82, 2.24) is 5.32 Å². The number of esters is 2. The lowest BCUT2D eigenvalue weighted by atomic mass is 9.81. The molecule has 0 aliphatic carbocycles. The fourth-order valence-corrected chi connectivity index (χ4v) is 3.03. The van der Waals surface area contributed by atoms with Crippen LogP contribution >= 0.6 is 11.6 Å². The predicted octanol–water partition coefficient (Wildman–Crippen LogP) is 2.60. The highest BCUT2D eigenvalue weighted by molar-refractivity contribution is 6.31. The number of carbonyl (C=O) groups is 2. The molecule has 0 spiro atoms. The number of hydrogen-bond donors (Lipinski definition) is 2. The Kier molecular flexibility index (Phi) is 6.09. The van der Waals surface area contributed by atoms with Gasteiger partial charge in [-0.15, -0.1) is 0 Å². The maximum Gasteiger partial charge on any atom is 0.338 e. The molecule has 0 amide bonds. The van der Waals surface area contributed by atoms with Gasteiger partial charge in [0, 0.05) is 10.7 Å². The molecular formula is C18H21ClN2O4. The highest BCUT2D eigenvalue weighted by Gasteiger charge is 2.39. The third-order valence-corrected chi connectivity index (χ3v) is 4.14. The predicted molar refractivity (Wildman–Crippen MR) is 94.5 cm³/mol. The van der Waals surface area contributed by atoms with Crippen molar-refractivity contribution in [2.75, 3.05) is 13.2 Å². The van der Waals surface area contributed by atoms with E-state index in [1.54, 1.807) is 45.0 Å². The van der Waals surface area contributed by atoms with Gasteiger partial charge in [-0.3, -0.25) is 0 Å². The van der Waals surface area contributed by atoms with Crippen molar-refractivity contribution in [2.45, 2.75) is 26.7 Å². The standard InChI is InChI=1S/C18H21ClN2O4/c1-4-24-17(22)13-10(3)21-16(20)15(18(23)25-5-2)14(13)11-8-6-7-9-12(11)19/h6-9,14,21H,4-5,20H2,1-3H3. The van der Waals surface area contributed by atoms with E-state index in [0.29, 0.717) is 16.3 Å². The van der Waals surface area contributed by atoms with E-state index < -0.39 is 17.9 Å². The third-order valence-electron chi connectivity index (χ3n) is 3.80. The number of nitrogens with one attached hydrogen (secondary N) is 1. The molecule has 0 bridgehead atoms. The van der Waals surface area contributed by atoms with Crippen molar-refractivity contribution in [3.8, 4) is 0 Å². The molecule has 1 aliphatic heterocycles. The molecule has 1 aromatic rings. The van der Waals surface area contributed by atoms with Crippen LogP contribution in [0.1, 0.15) is 32.3 Å². The van der Waals surface area contributed by atoms with E-state index in [4.69, 9.17) is 26.8 Å². The molecule has 0 saturated heterocycles. The summed E-state index contributed by atoms with van der Waals surface area (Å²) in [6.07, 6.45) is 0. The van der Waals surface area contributed by atoms with E-state index in [9.17, 15) is 9.59 Å². The van der Waals surface area contributed by atoms with Gasteiger partial charge in [0.05, 0.1) is 30.3 Å². The van der Waals surface area contributed by atoms with Crippen LogP contribution in [-0.2, 0) is 19.1 Å². The molecular weight excluding hydrogens is 344 g/mol. The second kappa shape index (κ2) is 8.07. The number of hydrogen-bond acceptors (Lipinski definition) is 6. The Morgan fingerprint density at radius 3 is 2.24 bits per heavy atom. The van der Waals surface area contributed by atoms with Crippen LogP contribution in [0.4, 0.5) is 0 Å². The Bertz CT molecular complexity index is 715. The van der Waals surface area contributed by atoms with Gasteiger partial charge in [0.1, 0.15) is 5.82 Å². The van der Waals surface area contributed by atoms with Crippen LogP contribution in [0.5, 0.6) is 0 Å². The van der Waals surface area contributed by atoms with E-state index in [1.807, 2.05) is 0 Å². The monoisotopic (exact) mass is 364 g/mol. The molecule has 0 fully saturated rings. The lowest BCUT2D eigenvalue weighted by Crippen LogP contribution is -2.36. The van der Waals surface area contributed by atoms with E-state index in [1.165, 1.54) is 0 Å². The molecule has 1 aromatic carbocycles. The summed E-state index contributed by atoms with van der Waals surface area (Å²) in [5.74, 6) is -1.78. The number of carbonyl (C=O) groups excluding carboxylic acids is 2. The number of halogens is 1. The van der Waals surface area contributed by atoms with Crippen LogP contribution in [0.2, 0.25) is 5.02 Å². The highest BCUT2D eigenvalue weighted by Crippen LogP contribution is 2.40. The number of allylic oxidation sites excluding steroid dienone is 1. The first-order chi connectivity index (χ1) is 11.9. The Balaban J connectivity index is 2.66. The number of ether oxygens (including phenoxy) is 2. The molecule has 6 nitrogen and oxygen atoms in total. The minimum Gasteiger partial charge on any atom is -0.463 e. The fraction of sp³-hybridized carbons (Fsp3) is 0.333. The average molecular weight is 365 g/mol. The Morgan fingerprint density at radius 1 is 1.12 bits per heavy atom. The van der Waals surface area contributed by atoms with Crippen molar-refractivity contribution >= 4 is 23.5 Å². The van der Waals surface area contributed by atoms with E-state index in [-0.39, 0.29) is 30.2 Å². The molecule has 7 heteroatoms. The van der Waals surface area contributed by atoms with Crippen LogP contribution in [0, 0.1) is 0 Å². The van der Waals surface area contributed by atoms with E-state index in [0.717, 1.165) is 0 Å². The van der Waals surface area contributed by atoms with Crippen LogP contribution in [0.25, 0.3) is 0 Å². The molecule has 1 atom stereocenters. The maximum absolute atomic E-state index is 12.6. The molecule has 1 unspecified atom stereocenters. The summed E-state index contributed by atoms with van der Waals surface area (Å²) in [6.45, 7) is 5.50. The average Bonchev–Trinajstić information content (AvgIpc) is 2.54. The van der Waals surface area contributed by atoms with Crippen LogP contribution in [0.3, 0.4) is 0 Å². The summed E-state index contributed by atoms with van der Waals surface area (Å²) in [7, 11) is 0. The lowest BCUT2D eigenvalue weighted by Gasteiger charge is -2.30. The quantitative estimate of drug-likeness (QED) is 0.780. The minimum atomic E-state index is -0.770. The number of benzene rings is 1. The minimum absolute atomic E-state index is 0.133. The second-order valence-electron chi connectivity index (χ2n) is 5.39. The summed E-state index contributed by atoms with van der Waals surface area (Å²) < 4.78 is 10.3. The van der Waals surface area contributed by atoms with Gasteiger partial charge in [-0.1, -0.05) is 29.8 Å². The van der Waals surface area contributed by atoms with Crippen molar-refractivity contribution in [1.29, 1.82) is 0 Å². The van der Waals surface area contributed by atoms with Gasteiger partial charge >= 0.3 is 11.9 Å². The highest BCUT2D eigenvalue weighted by atomic mass is 35.5. The fourth-order valence-electron chi connectivity index (χ4n) is 2.79. The summed E-state index contributed by atoms with van der Waals surface area (Å²) in [6, 6.07) is 6.98. The van der Waals surface area contributed by atoms with Crippen molar-refractivity contribution in [2.24, 2.45) is 5.73 Å². The molecule has 2 rings (SSSR count). The number of dihydropyridines is 1. The normalized spacial score (nSPS) is 17.2. The molecule has 1 heterocycles. The zero-order valence-corrected chi connectivity index (χ0v) is 15.1. The lowest BCUT2D eigenvalue weighted by molar-refractivity contribution is -0.139. The van der Waals surface area contributed by atoms with Crippen molar-refractivity contribution in [3.63, 3.8) is 0 Å². The SMILES string of the molecule is CCOC(=O)C1=C(C)NC(N)=C(C(=O)OCC)C1c1ccccc1Cl. The molecule has 25 heavy (non-hydrogen) atoms. The van der Waals surface area contributed by atoms with Crippen LogP contribution in [0.15, 0.2) is 46.9 Å². The zero-order chi connectivity index (χ0) is 18.6. The van der Waals surface area contributed by atoms with Crippen molar-refractivity contribution in [3.05, 3.63) is 57.5 Å². The summed E-state index contributed by atoms with van der Waals surface area (Å²) >= 11 is 6.34. The Labute approximate surface area is 151 Å². The van der Waals surface area contributed by atoms with Gasteiger partial charge in [-0.05, 0) is 32.4 Å². The first-order valence-corrected chi connectivity index (χ1v) is 8.36. The largest absolute Gasteiger partial charge is 0.463 e. The summed E-state index contributed by atoms with van der Waals surface area (Å²) in [4.78, 5) is 25.1. The van der Waals surface area contributed by atoms with Gasteiger partial charge < -0.3 is 20.5 Å². The van der Waals surface area contributed by atoms with Gasteiger partial charge in [-0.25, -0.2) is 9.59 Å². The van der Waals surface area contributed by atoms with Gasteiger partial charge in [0.2, 0.25) is 0 Å². The molecule has 0 radical (unpaired) electrons. The first-order valence-electron chi connectivity index (χ1n) is 7.98. The molecule has 0 aromatic heterocycles. The van der Waals surface area contributed by atoms with E-state index in [2.05, 4.69) is 5.32 Å². The zero-order valence-electron chi connectivity index (χ0n) is 14.4. The molecule has 3 N–H and O–H groups in total. The Hall–Kier alpha value is -2.47. The third kappa shape index (κ3) is 3.79. The Morgan fingerprint density at radius 2 is 1.68 bits per heavy atom. The molecule has 0 saturated carbocycles. The van der Waals surface area contributed by atoms with Gasteiger partial charge in [0.25, 0.3) is 0 Å². The van der Waals surface area contributed by atoms with Gasteiger partial charge in [-0.2, -0.15) is 0 Å². The first kappa shape index (κ1) is 18.9. The van der Waals surface area contributed by atoms with E-state index >= 15 is 0 Å². The summed E-state index contributed by atoms with van der Waals surface area (Å²) in [5.41, 5.74) is 7.57. The topological polar surface area (TPSA) is 90.6 Å². The van der Waals surface area contributed by atoms with Crippen LogP contribution < -0.4 is 11.1 Å². The van der Waals surface area contributed by atoms with Gasteiger partial charge in [0.15, 0.2) is 0 Å². The number of rotatable bonds is 5. The second-order valence-corrected chi connectivity index (χ2v) is 5.79. The van der Waals surface area contributed by atoms with Crippen molar-refractivity contribution < 1.29 is 19.1 Å². The molecule has 134 valence electrons. The smallest absolute Gasteiger partial charge is 0.338 e. The summed E-state index contributed by atoms with van der Waals surface area (Å²) in [5, 5.41) is 3.28. The number of nitrogens with two attached hydrogens (primary N) is 1. The molecule has 1 aliphatic rings. The maximum atomic E-state index is 12.6.